The largest absolute Gasteiger partial charge is 0.496 e. The predicted octanol–water partition coefficient (Wildman–Crippen LogP) is 6.61. The Morgan fingerprint density at radius 2 is 1.59 bits per heavy atom. The van der Waals surface area contributed by atoms with Crippen LogP contribution in [0.2, 0.25) is 0 Å². The number of thiocarbonyl (C=S) groups is 1. The molecule has 0 atom stereocenters. The van der Waals surface area contributed by atoms with Gasteiger partial charge in [0.2, 0.25) is 0 Å². The quantitative estimate of drug-likeness (QED) is 0.0757. The Hall–Kier alpha value is -5.55. The fourth-order valence-corrected chi connectivity index (χ4v) is 6.11. The van der Waals surface area contributed by atoms with Crippen LogP contribution in [0, 0.1) is 10.1 Å². The van der Waals surface area contributed by atoms with E-state index in [0.717, 1.165) is 24.2 Å². The molecule has 0 unspecified atom stereocenters. The van der Waals surface area contributed by atoms with E-state index in [9.17, 15) is 19.7 Å². The first kappa shape index (κ1) is 30.5. The highest BCUT2D eigenvalue weighted by atomic mass is 32.1. The monoisotopic (exact) mass is 634 g/mol. The number of nitrogens with one attached hydrogen (secondary N) is 1. The second-order valence-corrected chi connectivity index (χ2v) is 11.3. The molecule has 0 bridgehead atoms. The van der Waals surface area contributed by atoms with Crippen LogP contribution < -0.4 is 24.6 Å². The lowest BCUT2D eigenvalue weighted by molar-refractivity contribution is -0.384. The molecule has 4 aromatic carbocycles. The van der Waals surface area contributed by atoms with Crippen molar-refractivity contribution < 1.29 is 24.0 Å². The van der Waals surface area contributed by atoms with Crippen LogP contribution in [0.1, 0.15) is 29.9 Å². The van der Waals surface area contributed by atoms with Crippen molar-refractivity contribution >= 4 is 52.3 Å². The number of amides is 2. The summed E-state index contributed by atoms with van der Waals surface area (Å²) in [4.78, 5) is 41.5. The molecular formula is C35H30N4O6S. The highest BCUT2D eigenvalue weighted by Crippen LogP contribution is 2.37. The van der Waals surface area contributed by atoms with E-state index < -0.39 is 16.7 Å². The van der Waals surface area contributed by atoms with E-state index in [2.05, 4.69) is 16.3 Å². The molecule has 0 aromatic heterocycles. The Morgan fingerprint density at radius 3 is 2.28 bits per heavy atom. The van der Waals surface area contributed by atoms with Gasteiger partial charge in [-0.1, -0.05) is 36.4 Å². The topological polar surface area (TPSA) is 114 Å². The molecule has 2 aliphatic rings. The maximum absolute atomic E-state index is 13.8. The molecule has 11 heteroatoms. The lowest BCUT2D eigenvalue weighted by atomic mass is 9.88. The third kappa shape index (κ3) is 6.31. The van der Waals surface area contributed by atoms with Crippen LogP contribution >= 0.6 is 12.2 Å². The lowest BCUT2D eigenvalue weighted by Gasteiger charge is -2.35. The van der Waals surface area contributed by atoms with E-state index >= 15 is 0 Å². The van der Waals surface area contributed by atoms with Crippen molar-refractivity contribution in [2.75, 3.05) is 30.0 Å². The summed E-state index contributed by atoms with van der Waals surface area (Å²) in [6.07, 6.45) is 3.08. The van der Waals surface area contributed by atoms with E-state index in [1.54, 1.807) is 37.4 Å². The molecule has 4 aromatic rings. The molecule has 232 valence electrons. The molecule has 2 fully saturated rings. The van der Waals surface area contributed by atoms with Crippen LogP contribution in [0.15, 0.2) is 103 Å². The average Bonchev–Trinajstić information content (AvgIpc) is 3.08. The Labute approximate surface area is 271 Å². The fraction of sp³-hybridized carbons (Fsp3) is 0.171. The van der Waals surface area contributed by atoms with Crippen LogP contribution in [0.5, 0.6) is 17.2 Å². The van der Waals surface area contributed by atoms with Gasteiger partial charge in [0.1, 0.15) is 22.8 Å². The summed E-state index contributed by atoms with van der Waals surface area (Å²) < 4.78 is 11.4. The third-order valence-corrected chi connectivity index (χ3v) is 8.40. The number of nitrogens with zero attached hydrogens (tertiary/aromatic N) is 3. The molecule has 10 nitrogen and oxygen atoms in total. The Morgan fingerprint density at radius 1 is 0.913 bits per heavy atom. The lowest BCUT2D eigenvalue weighted by Crippen LogP contribution is -2.54. The summed E-state index contributed by atoms with van der Waals surface area (Å²) in [5, 5.41) is 14.2. The molecule has 1 N–H and O–H groups in total. The zero-order valence-corrected chi connectivity index (χ0v) is 25.7. The van der Waals surface area contributed by atoms with Gasteiger partial charge in [-0.25, -0.2) is 0 Å². The second-order valence-electron chi connectivity index (χ2n) is 10.9. The number of rotatable bonds is 8. The molecular weight excluding hydrogens is 604 g/mol. The summed E-state index contributed by atoms with van der Waals surface area (Å²) >= 11 is 5.38. The van der Waals surface area contributed by atoms with Crippen molar-refractivity contribution in [2.24, 2.45) is 0 Å². The van der Waals surface area contributed by atoms with Crippen molar-refractivity contribution in [3.05, 3.63) is 124 Å². The van der Waals surface area contributed by atoms with E-state index in [1.165, 1.54) is 23.1 Å². The van der Waals surface area contributed by atoms with Gasteiger partial charge in [0.25, 0.3) is 17.5 Å². The van der Waals surface area contributed by atoms with Gasteiger partial charge in [-0.3, -0.25) is 29.9 Å². The molecule has 2 aliphatic heterocycles. The zero-order chi connectivity index (χ0) is 32.2. The van der Waals surface area contributed by atoms with Gasteiger partial charge in [0, 0.05) is 36.5 Å². The number of hydrogen-bond acceptors (Lipinski definition) is 8. The summed E-state index contributed by atoms with van der Waals surface area (Å²) in [7, 11) is 1.66. The number of methoxy groups -OCH3 is 1. The molecule has 46 heavy (non-hydrogen) atoms. The molecule has 2 amide bonds. The maximum Gasteiger partial charge on any atom is 0.270 e. The number of ether oxygens (including phenoxy) is 2. The highest BCUT2D eigenvalue weighted by molar-refractivity contribution is 7.80. The van der Waals surface area contributed by atoms with Gasteiger partial charge in [0.05, 0.1) is 17.7 Å². The fourth-order valence-electron chi connectivity index (χ4n) is 5.83. The predicted molar refractivity (Wildman–Crippen MR) is 179 cm³/mol. The normalized spacial score (nSPS) is 16.4. The molecule has 2 heterocycles. The molecule has 0 spiro atoms. The Bertz CT molecular complexity index is 1840. The van der Waals surface area contributed by atoms with Crippen LogP contribution in [0.4, 0.5) is 17.1 Å². The third-order valence-electron chi connectivity index (χ3n) is 8.11. The molecule has 6 rings (SSSR count). The van der Waals surface area contributed by atoms with Crippen molar-refractivity contribution in [1.29, 1.82) is 0 Å². The van der Waals surface area contributed by atoms with Gasteiger partial charge >= 0.3 is 0 Å². The van der Waals surface area contributed by atoms with Crippen molar-refractivity contribution in [2.45, 2.75) is 18.8 Å². The van der Waals surface area contributed by atoms with Crippen LogP contribution in [-0.4, -0.2) is 42.0 Å². The number of carbonyl (C=O) groups is 2. The number of benzene rings is 4. The van der Waals surface area contributed by atoms with Crippen LogP contribution in [0.25, 0.3) is 6.08 Å². The van der Waals surface area contributed by atoms with E-state index in [-0.39, 0.29) is 22.3 Å². The first-order valence-corrected chi connectivity index (χ1v) is 15.1. The summed E-state index contributed by atoms with van der Waals surface area (Å²) in [6.45, 7) is 1.34. The van der Waals surface area contributed by atoms with Gasteiger partial charge in [-0.15, -0.1) is 0 Å². The number of piperidine rings is 1. The number of nitro benzene ring substituents is 1. The first-order chi connectivity index (χ1) is 22.3. The minimum Gasteiger partial charge on any atom is -0.496 e. The van der Waals surface area contributed by atoms with Crippen molar-refractivity contribution in [3.8, 4) is 17.2 Å². The summed E-state index contributed by atoms with van der Waals surface area (Å²) in [5.41, 5.74) is 2.32. The molecule has 0 radical (unpaired) electrons. The molecule has 0 saturated carbocycles. The van der Waals surface area contributed by atoms with E-state index in [1.807, 2.05) is 48.5 Å². The van der Waals surface area contributed by atoms with Crippen molar-refractivity contribution in [1.82, 2.24) is 5.32 Å². The SMILES string of the molecule is COc1ccccc1C1CCN(c2ccc([N+](=O)[O-])cc2C=C2C(=O)NC(=S)N(c3ccc(Oc4ccccc4)cc3)C2=O)CC1. The number of carbonyl (C=O) groups excluding carboxylic acids is 2. The van der Waals surface area contributed by atoms with Gasteiger partial charge in [-0.2, -0.15) is 0 Å². The van der Waals surface area contributed by atoms with E-state index in [4.69, 9.17) is 21.7 Å². The standard InChI is InChI=1S/C35H30N4O6S/c1-44-32-10-6-5-9-29(32)23-17-19-37(20-18-23)31-16-13-26(39(42)43)21-24(31)22-30-33(40)36-35(46)38(34(30)41)25-11-14-28(15-12-25)45-27-7-3-2-4-8-27/h2-16,21-23H,17-20H2,1H3,(H,36,40,46). The van der Waals surface area contributed by atoms with Crippen LogP contribution in [-0.2, 0) is 9.59 Å². The molecule has 0 aliphatic carbocycles. The number of hydrogen-bond donors (Lipinski definition) is 1. The summed E-state index contributed by atoms with van der Waals surface area (Å²) in [5.74, 6) is 1.04. The Kier molecular flexibility index (Phi) is 8.75. The average molecular weight is 635 g/mol. The van der Waals surface area contributed by atoms with E-state index in [0.29, 0.717) is 41.5 Å². The number of nitro groups is 1. The number of anilines is 2. The number of non-ortho nitro benzene ring substituents is 1. The highest BCUT2D eigenvalue weighted by Gasteiger charge is 2.35. The van der Waals surface area contributed by atoms with Crippen molar-refractivity contribution in [3.63, 3.8) is 0 Å². The molecule has 2 saturated heterocycles. The minimum absolute atomic E-state index is 0.0680. The second kappa shape index (κ2) is 13.2. The number of para-hydroxylation sites is 2. The zero-order valence-electron chi connectivity index (χ0n) is 24.9. The minimum atomic E-state index is -0.678. The Balaban J connectivity index is 1.27. The summed E-state index contributed by atoms with van der Waals surface area (Å²) in [6, 6.07) is 28.5. The van der Waals surface area contributed by atoms with Gasteiger partial charge in [-0.05, 0) is 91.1 Å². The first-order valence-electron chi connectivity index (χ1n) is 14.7. The maximum atomic E-state index is 13.8. The smallest absolute Gasteiger partial charge is 0.270 e. The van der Waals surface area contributed by atoms with Gasteiger partial charge in [0.15, 0.2) is 5.11 Å². The van der Waals surface area contributed by atoms with Gasteiger partial charge < -0.3 is 14.4 Å². The van der Waals surface area contributed by atoms with Crippen LogP contribution in [0.3, 0.4) is 0 Å².